The van der Waals surface area contributed by atoms with E-state index in [1.54, 1.807) is 6.20 Å². The molecule has 1 aromatic heterocycles. The van der Waals surface area contributed by atoms with Crippen molar-refractivity contribution in [3.63, 3.8) is 0 Å². The fourth-order valence-electron chi connectivity index (χ4n) is 1.72. The molecule has 2 aromatic rings. The number of benzene rings is 1. The Morgan fingerprint density at radius 3 is 2.56 bits per heavy atom. The highest BCUT2D eigenvalue weighted by Crippen LogP contribution is 2.20. The summed E-state index contributed by atoms with van der Waals surface area (Å²) in [4.78, 5) is 5.15. The van der Waals surface area contributed by atoms with E-state index in [4.69, 9.17) is 5.73 Å². The molecule has 2 N–H and O–H groups in total. The summed E-state index contributed by atoms with van der Waals surface area (Å²) in [7, 11) is -1.08. The minimum Gasteiger partial charge on any atom is -0.398 e. The molecule has 3 nitrogen and oxygen atoms in total. The number of nitrogen functional groups attached to an aromatic ring is 1. The van der Waals surface area contributed by atoms with Gasteiger partial charge in [0.05, 0.1) is 22.2 Å². The van der Waals surface area contributed by atoms with Crippen LogP contribution >= 0.6 is 0 Å². The van der Waals surface area contributed by atoms with Crippen LogP contribution < -0.4 is 5.73 Å². The van der Waals surface area contributed by atoms with Crippen LogP contribution in [0.5, 0.6) is 0 Å². The lowest BCUT2D eigenvalue weighted by Crippen LogP contribution is -2.05. The van der Waals surface area contributed by atoms with Crippen molar-refractivity contribution in [2.24, 2.45) is 0 Å². The van der Waals surface area contributed by atoms with E-state index in [9.17, 15) is 4.21 Å². The van der Waals surface area contributed by atoms with Crippen LogP contribution in [-0.4, -0.2) is 9.19 Å². The molecule has 0 radical (unpaired) electrons. The molecule has 0 aliphatic rings. The molecule has 0 amide bonds. The first-order chi connectivity index (χ1) is 8.59. The van der Waals surface area contributed by atoms with Crippen molar-refractivity contribution in [1.29, 1.82) is 0 Å². The van der Waals surface area contributed by atoms with E-state index in [1.165, 1.54) is 0 Å². The average molecular weight is 260 g/mol. The number of anilines is 1. The van der Waals surface area contributed by atoms with Crippen molar-refractivity contribution in [2.45, 2.75) is 24.5 Å². The largest absolute Gasteiger partial charge is 0.398 e. The molecular weight excluding hydrogens is 244 g/mol. The molecule has 0 aliphatic carbocycles. The van der Waals surface area contributed by atoms with Gasteiger partial charge in [0.25, 0.3) is 0 Å². The highest BCUT2D eigenvalue weighted by atomic mass is 32.2. The Morgan fingerprint density at radius 1 is 1.22 bits per heavy atom. The minimum atomic E-state index is -1.08. The first kappa shape index (κ1) is 12.8. The third-order valence-corrected chi connectivity index (χ3v) is 4.28. The Kier molecular flexibility index (Phi) is 3.77. The molecule has 94 valence electrons. The zero-order valence-corrected chi connectivity index (χ0v) is 11.3. The maximum atomic E-state index is 12.2. The predicted octanol–water partition coefficient (Wildman–Crippen LogP) is 2.59. The minimum absolute atomic E-state index is 0.403. The smallest absolute Gasteiger partial charge is 0.0709 e. The third-order valence-electron chi connectivity index (χ3n) is 2.95. The lowest BCUT2D eigenvalue weighted by molar-refractivity contribution is 0.682. The maximum absolute atomic E-state index is 12.2. The molecule has 0 aliphatic heterocycles. The molecule has 0 bridgehead atoms. The Morgan fingerprint density at radius 2 is 1.89 bits per heavy atom. The lowest BCUT2D eigenvalue weighted by atomic mass is 10.1. The molecule has 18 heavy (non-hydrogen) atoms. The molecular formula is C14H16N2OS. The first-order valence-corrected chi connectivity index (χ1v) is 7.05. The summed E-state index contributed by atoms with van der Waals surface area (Å²) in [5, 5.41) is 0. The summed E-state index contributed by atoms with van der Waals surface area (Å²) in [5.74, 6) is 0.403. The van der Waals surface area contributed by atoms with Crippen molar-refractivity contribution in [3.8, 4) is 0 Å². The second-order valence-electron chi connectivity index (χ2n) is 4.23. The second-order valence-corrected chi connectivity index (χ2v) is 5.68. The second kappa shape index (κ2) is 5.31. The third kappa shape index (κ3) is 2.59. The Hall–Kier alpha value is -1.68. The van der Waals surface area contributed by atoms with Gasteiger partial charge >= 0.3 is 0 Å². The zero-order valence-electron chi connectivity index (χ0n) is 10.5. The van der Waals surface area contributed by atoms with Crippen LogP contribution in [0.15, 0.2) is 41.4 Å². The Bertz CT molecular complexity index is 582. The summed E-state index contributed by atoms with van der Waals surface area (Å²) < 4.78 is 12.2. The van der Waals surface area contributed by atoms with Gasteiger partial charge in [-0.1, -0.05) is 18.2 Å². The number of nitrogens with zero attached hydrogens (tertiary/aromatic N) is 1. The topological polar surface area (TPSA) is 56.0 Å². The van der Waals surface area contributed by atoms with Crippen LogP contribution in [0.4, 0.5) is 5.69 Å². The van der Waals surface area contributed by atoms with Gasteiger partial charge in [0.1, 0.15) is 0 Å². The van der Waals surface area contributed by atoms with Gasteiger partial charge in [-0.3, -0.25) is 9.19 Å². The molecule has 0 spiro atoms. The standard InChI is InChI=1S/C14H16N2OS/c1-10-8-16-13(11(2)14(10)15)9-18(17)12-6-4-3-5-7-12/h3-8H,9H2,1-2H3,(H2,15,16). The molecule has 1 aromatic carbocycles. The van der Waals surface area contributed by atoms with Crippen molar-refractivity contribution < 1.29 is 4.21 Å². The number of nitrogens with two attached hydrogens (primary N) is 1. The molecule has 0 saturated carbocycles. The van der Waals surface area contributed by atoms with Gasteiger partial charge < -0.3 is 5.73 Å². The van der Waals surface area contributed by atoms with Crippen LogP contribution in [0.2, 0.25) is 0 Å². The van der Waals surface area contributed by atoms with Crippen LogP contribution in [0.25, 0.3) is 0 Å². The Labute approximate surface area is 110 Å². The fraction of sp³-hybridized carbons (Fsp3) is 0.214. The van der Waals surface area contributed by atoms with Crippen LogP contribution in [-0.2, 0) is 16.6 Å². The van der Waals surface area contributed by atoms with Gasteiger partial charge in [0, 0.05) is 16.8 Å². The van der Waals surface area contributed by atoms with Crippen molar-refractivity contribution in [1.82, 2.24) is 4.98 Å². The van der Waals surface area contributed by atoms with Gasteiger partial charge in [0.2, 0.25) is 0 Å². The van der Waals surface area contributed by atoms with Gasteiger partial charge in [-0.15, -0.1) is 0 Å². The number of hydrogen-bond acceptors (Lipinski definition) is 3. The van der Waals surface area contributed by atoms with Crippen LogP contribution in [0.3, 0.4) is 0 Å². The zero-order chi connectivity index (χ0) is 13.1. The van der Waals surface area contributed by atoms with Crippen LogP contribution in [0.1, 0.15) is 16.8 Å². The van der Waals surface area contributed by atoms with E-state index in [-0.39, 0.29) is 0 Å². The van der Waals surface area contributed by atoms with Gasteiger partial charge in [-0.05, 0) is 37.1 Å². The highest BCUT2D eigenvalue weighted by molar-refractivity contribution is 7.84. The summed E-state index contributed by atoms with van der Waals surface area (Å²) in [5.41, 5.74) is 9.39. The molecule has 2 rings (SSSR count). The van der Waals surface area contributed by atoms with E-state index < -0.39 is 10.8 Å². The van der Waals surface area contributed by atoms with Crippen molar-refractivity contribution >= 4 is 16.5 Å². The summed E-state index contributed by atoms with van der Waals surface area (Å²) in [6.07, 6.45) is 1.74. The number of aryl methyl sites for hydroxylation is 1. The summed E-state index contributed by atoms with van der Waals surface area (Å²) in [6, 6.07) is 9.41. The van der Waals surface area contributed by atoms with E-state index in [2.05, 4.69) is 4.98 Å². The molecule has 1 heterocycles. The number of hydrogen-bond donors (Lipinski definition) is 1. The molecule has 0 fully saturated rings. The predicted molar refractivity (Wildman–Crippen MR) is 74.7 cm³/mol. The Balaban J connectivity index is 2.26. The van der Waals surface area contributed by atoms with E-state index in [1.807, 2.05) is 44.2 Å². The monoisotopic (exact) mass is 260 g/mol. The van der Waals surface area contributed by atoms with Gasteiger partial charge in [-0.25, -0.2) is 0 Å². The SMILES string of the molecule is Cc1cnc(CS(=O)c2ccccc2)c(C)c1N. The van der Waals surface area contributed by atoms with Gasteiger partial charge in [0.15, 0.2) is 0 Å². The fourth-order valence-corrected chi connectivity index (χ4v) is 2.88. The number of aromatic nitrogens is 1. The highest BCUT2D eigenvalue weighted by Gasteiger charge is 2.10. The summed E-state index contributed by atoms with van der Waals surface area (Å²) in [6.45, 7) is 3.85. The molecule has 4 heteroatoms. The van der Waals surface area contributed by atoms with E-state index in [0.717, 1.165) is 27.4 Å². The van der Waals surface area contributed by atoms with E-state index in [0.29, 0.717) is 5.75 Å². The normalized spacial score (nSPS) is 12.3. The van der Waals surface area contributed by atoms with Crippen molar-refractivity contribution in [2.75, 3.05) is 5.73 Å². The quantitative estimate of drug-likeness (QED) is 0.922. The molecule has 0 saturated heterocycles. The van der Waals surface area contributed by atoms with Gasteiger partial charge in [-0.2, -0.15) is 0 Å². The lowest BCUT2D eigenvalue weighted by Gasteiger charge is -2.09. The molecule has 1 atom stereocenters. The average Bonchev–Trinajstić information content (AvgIpc) is 2.40. The van der Waals surface area contributed by atoms with Crippen molar-refractivity contribution in [3.05, 3.63) is 53.3 Å². The number of rotatable bonds is 3. The van der Waals surface area contributed by atoms with Crippen LogP contribution in [0, 0.1) is 13.8 Å². The number of pyridine rings is 1. The maximum Gasteiger partial charge on any atom is 0.0709 e. The van der Waals surface area contributed by atoms with E-state index >= 15 is 0 Å². The molecule has 1 unspecified atom stereocenters. The first-order valence-electron chi connectivity index (χ1n) is 5.73. The summed E-state index contributed by atoms with van der Waals surface area (Å²) >= 11 is 0.